The smallest absolute Gasteiger partial charge is 0.214 e. The van der Waals surface area contributed by atoms with Gasteiger partial charge in [0.05, 0.1) is 11.2 Å². The molecule has 0 N–H and O–H groups in total. The van der Waals surface area contributed by atoms with E-state index in [1.54, 1.807) is 17.9 Å². The Morgan fingerprint density at radius 3 is 2.36 bits per heavy atom. The van der Waals surface area contributed by atoms with Crippen LogP contribution in [0.3, 0.4) is 0 Å². The number of anilines is 1. The van der Waals surface area contributed by atoms with Crippen molar-refractivity contribution in [2.45, 2.75) is 38.1 Å². The lowest BCUT2D eigenvalue weighted by molar-refractivity contribution is -0.108. The van der Waals surface area contributed by atoms with Crippen molar-refractivity contribution in [3.8, 4) is 0 Å². The molecular weight excluding hydrogens is 277 g/mol. The van der Waals surface area contributed by atoms with E-state index < -0.39 is 0 Å². The zero-order valence-corrected chi connectivity index (χ0v) is 12.8. The molecule has 0 unspecified atom stereocenters. The van der Waals surface area contributed by atoms with Crippen LogP contribution in [-0.4, -0.2) is 6.41 Å². The molecule has 2 aromatic carbocycles. The van der Waals surface area contributed by atoms with E-state index in [-0.39, 0.29) is 11.4 Å². The van der Waals surface area contributed by atoms with Gasteiger partial charge in [0, 0.05) is 5.56 Å². The Morgan fingerprint density at radius 2 is 1.73 bits per heavy atom. The van der Waals surface area contributed by atoms with Gasteiger partial charge in [0.2, 0.25) is 6.41 Å². The van der Waals surface area contributed by atoms with E-state index in [2.05, 4.69) is 12.1 Å². The van der Waals surface area contributed by atoms with Crippen molar-refractivity contribution in [3.63, 3.8) is 0 Å². The molecule has 1 fully saturated rings. The largest absolute Gasteiger partial charge is 0.304 e. The van der Waals surface area contributed by atoms with Gasteiger partial charge in [-0.3, -0.25) is 4.79 Å². The summed E-state index contributed by atoms with van der Waals surface area (Å²) in [5.41, 5.74) is 1.96. The molecule has 2 aromatic rings. The van der Waals surface area contributed by atoms with Crippen molar-refractivity contribution in [1.82, 2.24) is 0 Å². The molecule has 0 spiro atoms. The first-order valence-electron chi connectivity index (χ1n) is 7.74. The lowest BCUT2D eigenvalue weighted by atomic mass is 9.85. The molecule has 0 saturated heterocycles. The molecule has 0 aliphatic heterocycles. The minimum Gasteiger partial charge on any atom is -0.304 e. The molecule has 1 aliphatic carbocycles. The summed E-state index contributed by atoms with van der Waals surface area (Å²) in [5, 5.41) is 0. The van der Waals surface area contributed by atoms with E-state index in [0.29, 0.717) is 11.3 Å². The second-order valence-electron chi connectivity index (χ2n) is 5.96. The number of nitrogens with zero attached hydrogens (tertiary/aromatic N) is 1. The predicted molar refractivity (Wildman–Crippen MR) is 86.3 cm³/mol. The van der Waals surface area contributed by atoms with E-state index in [4.69, 9.17) is 0 Å². The number of carbonyl (C=O) groups is 1. The van der Waals surface area contributed by atoms with Gasteiger partial charge >= 0.3 is 0 Å². The highest BCUT2D eigenvalue weighted by Gasteiger charge is 2.42. The summed E-state index contributed by atoms with van der Waals surface area (Å²) < 4.78 is 13.9. The molecular formula is C19H20FNO. The number of benzene rings is 2. The zero-order valence-electron chi connectivity index (χ0n) is 12.8. The van der Waals surface area contributed by atoms with E-state index in [1.807, 2.05) is 24.3 Å². The van der Waals surface area contributed by atoms with E-state index >= 15 is 0 Å². The normalized spacial score (nSPS) is 16.5. The van der Waals surface area contributed by atoms with Crippen molar-refractivity contribution >= 4 is 12.1 Å². The van der Waals surface area contributed by atoms with Crippen molar-refractivity contribution in [1.29, 1.82) is 0 Å². The molecule has 114 valence electrons. The Bertz CT molecular complexity index is 662. The van der Waals surface area contributed by atoms with Crippen molar-refractivity contribution < 1.29 is 9.18 Å². The molecule has 0 aromatic heterocycles. The van der Waals surface area contributed by atoms with Gasteiger partial charge in [-0.25, -0.2) is 4.39 Å². The summed E-state index contributed by atoms with van der Waals surface area (Å²) in [4.78, 5) is 13.7. The van der Waals surface area contributed by atoms with Crippen LogP contribution in [-0.2, 0) is 10.3 Å². The first-order valence-corrected chi connectivity index (χ1v) is 7.74. The summed E-state index contributed by atoms with van der Waals surface area (Å²) in [7, 11) is 0. The lowest BCUT2D eigenvalue weighted by Crippen LogP contribution is -2.44. The van der Waals surface area contributed by atoms with Crippen LogP contribution in [0.15, 0.2) is 48.5 Å². The fraction of sp³-hybridized carbons (Fsp3) is 0.316. The maximum atomic E-state index is 13.9. The van der Waals surface area contributed by atoms with Crippen molar-refractivity contribution in [3.05, 3.63) is 65.5 Å². The van der Waals surface area contributed by atoms with Gasteiger partial charge in [-0.05, 0) is 37.5 Å². The molecule has 1 saturated carbocycles. The Labute approximate surface area is 130 Å². The molecule has 0 bridgehead atoms. The Morgan fingerprint density at radius 1 is 1.05 bits per heavy atom. The van der Waals surface area contributed by atoms with Crippen molar-refractivity contribution in [2.24, 2.45) is 0 Å². The summed E-state index contributed by atoms with van der Waals surface area (Å²) in [6.45, 7) is 1.73. The maximum absolute atomic E-state index is 13.9. The molecule has 22 heavy (non-hydrogen) atoms. The number of amides is 1. The summed E-state index contributed by atoms with van der Waals surface area (Å²) >= 11 is 0. The van der Waals surface area contributed by atoms with Gasteiger partial charge in [0.15, 0.2) is 0 Å². The third-order valence-corrected chi connectivity index (χ3v) is 4.81. The molecule has 3 rings (SSSR count). The first kappa shape index (κ1) is 14.8. The standard InChI is InChI=1S/C19H20FNO/c1-15-17(20)10-7-11-18(15)21(14-22)19(12-5-6-13-19)16-8-3-2-4-9-16/h2-4,7-11,14H,5-6,12-13H2,1H3. The van der Waals surface area contributed by atoms with Gasteiger partial charge in [-0.15, -0.1) is 0 Å². The number of halogens is 1. The molecule has 0 atom stereocenters. The lowest BCUT2D eigenvalue weighted by Gasteiger charge is -2.40. The van der Waals surface area contributed by atoms with Crippen LogP contribution in [0.5, 0.6) is 0 Å². The SMILES string of the molecule is Cc1c(F)cccc1N(C=O)C1(c2ccccc2)CCCC1. The second-order valence-corrected chi connectivity index (χ2v) is 5.96. The quantitative estimate of drug-likeness (QED) is 0.757. The van der Waals surface area contributed by atoms with Gasteiger partial charge in [-0.2, -0.15) is 0 Å². The van der Waals surface area contributed by atoms with Crippen LogP contribution >= 0.6 is 0 Å². The molecule has 2 nitrogen and oxygen atoms in total. The van der Waals surface area contributed by atoms with Gasteiger partial charge < -0.3 is 4.90 Å². The van der Waals surface area contributed by atoms with Gasteiger partial charge in [-0.1, -0.05) is 49.2 Å². The highest BCUT2D eigenvalue weighted by Crippen LogP contribution is 2.46. The molecule has 0 radical (unpaired) electrons. The Hall–Kier alpha value is -2.16. The van der Waals surface area contributed by atoms with Crippen LogP contribution in [0.2, 0.25) is 0 Å². The van der Waals surface area contributed by atoms with Gasteiger partial charge in [0.1, 0.15) is 5.82 Å². The number of hydrogen-bond donors (Lipinski definition) is 0. The topological polar surface area (TPSA) is 20.3 Å². The van der Waals surface area contributed by atoms with E-state index in [9.17, 15) is 9.18 Å². The zero-order chi connectivity index (χ0) is 15.6. The maximum Gasteiger partial charge on any atom is 0.214 e. The number of hydrogen-bond acceptors (Lipinski definition) is 1. The fourth-order valence-corrected chi connectivity index (χ4v) is 3.62. The minimum atomic E-state index is -0.360. The third kappa shape index (κ3) is 2.31. The van der Waals surface area contributed by atoms with Crippen LogP contribution in [0.25, 0.3) is 0 Å². The predicted octanol–water partition coefficient (Wildman–Crippen LogP) is 4.57. The summed E-state index contributed by atoms with van der Waals surface area (Å²) in [6.07, 6.45) is 4.83. The second kappa shape index (κ2) is 5.91. The van der Waals surface area contributed by atoms with Crippen LogP contribution < -0.4 is 4.90 Å². The average molecular weight is 297 g/mol. The van der Waals surface area contributed by atoms with E-state index in [1.165, 1.54) is 6.07 Å². The van der Waals surface area contributed by atoms with E-state index in [0.717, 1.165) is 37.7 Å². The first-order chi connectivity index (χ1) is 10.7. The van der Waals surface area contributed by atoms with Gasteiger partial charge in [0.25, 0.3) is 0 Å². The highest BCUT2D eigenvalue weighted by atomic mass is 19.1. The average Bonchev–Trinajstić information content (AvgIpc) is 3.04. The summed E-state index contributed by atoms with van der Waals surface area (Å²) in [6, 6.07) is 15.0. The summed E-state index contributed by atoms with van der Waals surface area (Å²) in [5.74, 6) is -0.273. The monoisotopic (exact) mass is 297 g/mol. The molecule has 1 aliphatic rings. The third-order valence-electron chi connectivity index (χ3n) is 4.81. The molecule has 3 heteroatoms. The highest BCUT2D eigenvalue weighted by molar-refractivity contribution is 5.80. The van der Waals surface area contributed by atoms with Crippen LogP contribution in [0.1, 0.15) is 36.8 Å². The Balaban J connectivity index is 2.14. The number of rotatable bonds is 4. The fourth-order valence-electron chi connectivity index (χ4n) is 3.62. The van der Waals surface area contributed by atoms with Crippen LogP contribution in [0.4, 0.5) is 10.1 Å². The molecule has 1 amide bonds. The van der Waals surface area contributed by atoms with Crippen LogP contribution in [0, 0.1) is 12.7 Å². The van der Waals surface area contributed by atoms with Crippen molar-refractivity contribution in [2.75, 3.05) is 4.90 Å². The minimum absolute atomic E-state index is 0.273. The molecule has 0 heterocycles. The number of carbonyl (C=O) groups excluding carboxylic acids is 1. The Kier molecular flexibility index (Phi) is 3.97.